The average molecular weight is 361 g/mol. The maximum absolute atomic E-state index is 13.4. The Morgan fingerprint density at radius 2 is 2.00 bits per heavy atom. The number of carbonyl (C=O) groups is 1. The molecule has 0 atom stereocenters. The van der Waals surface area contributed by atoms with E-state index in [1.165, 1.54) is 0 Å². The fourth-order valence-corrected chi connectivity index (χ4v) is 2.72. The first-order valence-electron chi connectivity index (χ1n) is 4.71. The van der Waals surface area contributed by atoms with Gasteiger partial charge in [-0.05, 0) is 28.1 Å². The summed E-state index contributed by atoms with van der Waals surface area (Å²) in [4.78, 5) is 10.8. The lowest BCUT2D eigenvalue weighted by atomic mass is 10.2. The zero-order chi connectivity index (χ0) is 14.8. The molecule has 0 saturated heterocycles. The third-order valence-electron chi connectivity index (χ3n) is 1.98. The normalized spacial score (nSPS) is 11.7. The summed E-state index contributed by atoms with van der Waals surface area (Å²) in [6.45, 7) is -0.929. The molecule has 106 valence electrons. The first-order valence-corrected chi connectivity index (χ1v) is 7.05. The molecule has 0 heterocycles. The molecule has 1 rings (SSSR count). The van der Waals surface area contributed by atoms with Crippen LogP contribution in [0.25, 0.3) is 0 Å². The molecule has 0 unspecified atom stereocenters. The highest BCUT2D eigenvalue weighted by atomic mass is 79.9. The van der Waals surface area contributed by atoms with Crippen LogP contribution in [-0.2, 0) is 10.0 Å². The van der Waals surface area contributed by atoms with E-state index in [2.05, 4.69) is 15.9 Å². The van der Waals surface area contributed by atoms with E-state index in [0.29, 0.717) is 6.07 Å². The van der Waals surface area contributed by atoms with Crippen LogP contribution in [0, 0.1) is 5.82 Å². The Balaban J connectivity index is 3.18. The van der Waals surface area contributed by atoms with E-state index < -0.39 is 49.6 Å². The lowest BCUT2D eigenvalue weighted by molar-refractivity contribution is 0.0891. The number of nitrogens with one attached hydrogen (secondary N) is 1. The predicted octanol–water partition coefficient (Wildman–Crippen LogP) is 1.23. The summed E-state index contributed by atoms with van der Waals surface area (Å²) in [5.41, 5.74) is -0.426. The van der Waals surface area contributed by atoms with Gasteiger partial charge in [0.1, 0.15) is 5.82 Å². The number of sulfonamides is 1. The first kappa shape index (κ1) is 15.9. The Kier molecular flexibility index (Phi) is 4.93. The van der Waals surface area contributed by atoms with Crippen LogP contribution < -0.4 is 10.5 Å². The van der Waals surface area contributed by atoms with Crippen molar-refractivity contribution in [3.8, 4) is 0 Å². The highest BCUT2D eigenvalue weighted by molar-refractivity contribution is 9.10. The van der Waals surface area contributed by atoms with Gasteiger partial charge in [0, 0.05) is 5.56 Å². The minimum absolute atomic E-state index is 0.426. The topological polar surface area (TPSA) is 89.3 Å². The van der Waals surface area contributed by atoms with Crippen molar-refractivity contribution in [2.75, 3.05) is 6.54 Å². The van der Waals surface area contributed by atoms with E-state index in [1.807, 2.05) is 5.32 Å². The molecule has 0 fully saturated rings. The van der Waals surface area contributed by atoms with Crippen molar-refractivity contribution in [1.82, 2.24) is 5.32 Å². The molecule has 0 aliphatic heterocycles. The highest BCUT2D eigenvalue weighted by Gasteiger charge is 2.20. The average Bonchev–Trinajstić information content (AvgIpc) is 2.27. The molecule has 0 aliphatic carbocycles. The van der Waals surface area contributed by atoms with Gasteiger partial charge in [-0.3, -0.25) is 4.79 Å². The zero-order valence-corrected chi connectivity index (χ0v) is 11.6. The number of carbonyl (C=O) groups excluding carboxylic acids is 1. The molecule has 3 N–H and O–H groups in total. The van der Waals surface area contributed by atoms with E-state index in [-0.39, 0.29) is 0 Å². The summed E-state index contributed by atoms with van der Waals surface area (Å²) in [6, 6.07) is 1.50. The number of benzene rings is 1. The van der Waals surface area contributed by atoms with Gasteiger partial charge in [-0.15, -0.1) is 0 Å². The van der Waals surface area contributed by atoms with E-state index in [0.717, 1.165) is 6.07 Å². The second-order valence-electron chi connectivity index (χ2n) is 3.42. The van der Waals surface area contributed by atoms with Gasteiger partial charge in [-0.1, -0.05) is 0 Å². The number of halogens is 4. The standard InChI is InChI=1S/C9H8BrF3N2O3S/c10-8-5(11)1-4(2-6(8)19(14,17)18)9(16)15-3-7(12)13/h1-2,7H,3H2,(H,15,16)(H2,14,17,18). The smallest absolute Gasteiger partial charge is 0.255 e. The van der Waals surface area contributed by atoms with Crippen molar-refractivity contribution in [3.05, 3.63) is 28.0 Å². The summed E-state index contributed by atoms with van der Waals surface area (Å²) in [6.07, 6.45) is -2.78. The lowest BCUT2D eigenvalue weighted by Gasteiger charge is -2.08. The molecule has 0 spiro atoms. The maximum atomic E-state index is 13.4. The number of alkyl halides is 2. The number of amides is 1. The van der Waals surface area contributed by atoms with Crippen molar-refractivity contribution < 1.29 is 26.4 Å². The Bertz CT molecular complexity index is 607. The second-order valence-corrected chi connectivity index (χ2v) is 5.74. The number of rotatable bonds is 4. The lowest BCUT2D eigenvalue weighted by Crippen LogP contribution is -2.29. The minimum Gasteiger partial charge on any atom is -0.346 e. The monoisotopic (exact) mass is 360 g/mol. The van der Waals surface area contributed by atoms with Crippen molar-refractivity contribution in [2.24, 2.45) is 5.14 Å². The molecule has 0 radical (unpaired) electrons. The van der Waals surface area contributed by atoms with Crippen LogP contribution in [0.4, 0.5) is 13.2 Å². The van der Waals surface area contributed by atoms with Crippen LogP contribution in [0.15, 0.2) is 21.5 Å². The highest BCUT2D eigenvalue weighted by Crippen LogP contribution is 2.25. The number of hydrogen-bond donors (Lipinski definition) is 2. The SMILES string of the molecule is NS(=O)(=O)c1cc(C(=O)NCC(F)F)cc(F)c1Br. The molecule has 10 heteroatoms. The van der Waals surface area contributed by atoms with Crippen LogP contribution in [0.2, 0.25) is 0 Å². The van der Waals surface area contributed by atoms with Gasteiger partial charge in [0.2, 0.25) is 10.0 Å². The summed E-state index contributed by atoms with van der Waals surface area (Å²) in [7, 11) is -4.26. The van der Waals surface area contributed by atoms with Gasteiger partial charge < -0.3 is 5.32 Å². The Hall–Kier alpha value is -1.13. The van der Waals surface area contributed by atoms with E-state index in [4.69, 9.17) is 5.14 Å². The predicted molar refractivity (Wildman–Crippen MR) is 63.8 cm³/mol. The third kappa shape index (κ3) is 4.18. The van der Waals surface area contributed by atoms with Crippen LogP contribution in [0.3, 0.4) is 0 Å². The fourth-order valence-electron chi connectivity index (χ4n) is 1.17. The van der Waals surface area contributed by atoms with Crippen LogP contribution >= 0.6 is 15.9 Å². The van der Waals surface area contributed by atoms with Gasteiger partial charge in [0.25, 0.3) is 12.3 Å². The van der Waals surface area contributed by atoms with E-state index >= 15 is 0 Å². The molecule has 0 saturated carbocycles. The van der Waals surface area contributed by atoms with Gasteiger partial charge in [0.15, 0.2) is 0 Å². The van der Waals surface area contributed by atoms with Crippen molar-refractivity contribution in [2.45, 2.75) is 11.3 Å². The van der Waals surface area contributed by atoms with Crippen molar-refractivity contribution >= 4 is 31.9 Å². The molecule has 1 aromatic rings. The number of primary sulfonamides is 1. The van der Waals surface area contributed by atoms with Crippen molar-refractivity contribution in [1.29, 1.82) is 0 Å². The third-order valence-corrected chi connectivity index (χ3v) is 3.98. The molecule has 1 aromatic carbocycles. The van der Waals surface area contributed by atoms with Crippen LogP contribution in [0.1, 0.15) is 10.4 Å². The molecule has 0 aliphatic rings. The molecule has 19 heavy (non-hydrogen) atoms. The molecular formula is C9H8BrF3N2O3S. The van der Waals surface area contributed by atoms with Gasteiger partial charge >= 0.3 is 0 Å². The Labute approximate surface area is 115 Å². The second kappa shape index (κ2) is 5.88. The van der Waals surface area contributed by atoms with Crippen molar-refractivity contribution in [3.63, 3.8) is 0 Å². The Morgan fingerprint density at radius 1 is 1.42 bits per heavy atom. The molecule has 1 amide bonds. The van der Waals surface area contributed by atoms with Crippen LogP contribution in [-0.4, -0.2) is 27.3 Å². The first-order chi connectivity index (χ1) is 8.62. The van der Waals surface area contributed by atoms with Gasteiger partial charge in [0.05, 0.1) is 15.9 Å². The zero-order valence-electron chi connectivity index (χ0n) is 9.16. The van der Waals surface area contributed by atoms with Gasteiger partial charge in [-0.25, -0.2) is 26.7 Å². The molecular weight excluding hydrogens is 353 g/mol. The minimum atomic E-state index is -4.26. The quantitative estimate of drug-likeness (QED) is 0.846. The summed E-state index contributed by atoms with van der Waals surface area (Å²) in [5.74, 6) is -2.08. The molecule has 0 bridgehead atoms. The summed E-state index contributed by atoms with van der Waals surface area (Å²) >= 11 is 2.68. The molecule has 0 aromatic heterocycles. The maximum Gasteiger partial charge on any atom is 0.255 e. The summed E-state index contributed by atoms with van der Waals surface area (Å²) in [5, 5.41) is 6.66. The van der Waals surface area contributed by atoms with E-state index in [1.54, 1.807) is 0 Å². The largest absolute Gasteiger partial charge is 0.346 e. The Morgan fingerprint density at radius 3 is 2.47 bits per heavy atom. The summed E-state index contributed by atoms with van der Waals surface area (Å²) < 4.78 is 59.2. The van der Waals surface area contributed by atoms with Gasteiger partial charge in [-0.2, -0.15) is 0 Å². The van der Waals surface area contributed by atoms with Crippen LogP contribution in [0.5, 0.6) is 0 Å². The van der Waals surface area contributed by atoms with E-state index in [9.17, 15) is 26.4 Å². The fraction of sp³-hybridized carbons (Fsp3) is 0.222. The number of hydrogen-bond acceptors (Lipinski definition) is 3. The molecule has 5 nitrogen and oxygen atoms in total. The number of nitrogens with two attached hydrogens (primary N) is 1.